The second kappa shape index (κ2) is 4.21. The van der Waals surface area contributed by atoms with Gasteiger partial charge in [-0.05, 0) is 31.2 Å². The Kier molecular flexibility index (Phi) is 3.50. The SMILES string of the molecule is CON(C)CCC1(CN)CCC1. The molecular formula is C9H20N2O. The van der Waals surface area contributed by atoms with Crippen molar-refractivity contribution in [3.05, 3.63) is 0 Å². The molecule has 1 rings (SSSR count). The Hall–Kier alpha value is -0.120. The zero-order chi connectivity index (χ0) is 9.03. The maximum atomic E-state index is 5.74. The van der Waals surface area contributed by atoms with E-state index in [1.54, 1.807) is 7.11 Å². The molecule has 1 aliphatic carbocycles. The zero-order valence-corrected chi connectivity index (χ0v) is 8.18. The molecule has 2 N–H and O–H groups in total. The van der Waals surface area contributed by atoms with Crippen molar-refractivity contribution in [2.75, 3.05) is 27.2 Å². The van der Waals surface area contributed by atoms with Crippen LogP contribution in [0.2, 0.25) is 0 Å². The molecule has 1 fully saturated rings. The molecule has 72 valence electrons. The molecule has 12 heavy (non-hydrogen) atoms. The molecule has 0 atom stereocenters. The van der Waals surface area contributed by atoms with Crippen molar-refractivity contribution in [2.24, 2.45) is 11.1 Å². The van der Waals surface area contributed by atoms with Crippen LogP contribution in [0.3, 0.4) is 0 Å². The quantitative estimate of drug-likeness (QED) is 0.629. The van der Waals surface area contributed by atoms with Gasteiger partial charge >= 0.3 is 0 Å². The first kappa shape index (κ1) is 9.96. The van der Waals surface area contributed by atoms with Crippen LogP contribution in [0.25, 0.3) is 0 Å². The topological polar surface area (TPSA) is 38.5 Å². The van der Waals surface area contributed by atoms with E-state index in [4.69, 9.17) is 10.6 Å². The van der Waals surface area contributed by atoms with Crippen LogP contribution in [-0.2, 0) is 4.84 Å². The van der Waals surface area contributed by atoms with Gasteiger partial charge in [0.1, 0.15) is 0 Å². The van der Waals surface area contributed by atoms with E-state index in [1.807, 2.05) is 12.1 Å². The molecule has 1 saturated carbocycles. The van der Waals surface area contributed by atoms with Gasteiger partial charge in [0.15, 0.2) is 0 Å². The number of hydrogen-bond donors (Lipinski definition) is 1. The first-order valence-electron chi connectivity index (χ1n) is 4.68. The van der Waals surface area contributed by atoms with E-state index in [-0.39, 0.29) is 0 Å². The van der Waals surface area contributed by atoms with Gasteiger partial charge in [-0.1, -0.05) is 6.42 Å². The second-order valence-corrected chi connectivity index (χ2v) is 3.84. The predicted octanol–water partition coefficient (Wildman–Crippen LogP) is 0.999. The maximum absolute atomic E-state index is 5.74. The van der Waals surface area contributed by atoms with Crippen molar-refractivity contribution in [2.45, 2.75) is 25.7 Å². The van der Waals surface area contributed by atoms with Crippen molar-refractivity contribution in [3.63, 3.8) is 0 Å². The monoisotopic (exact) mass is 172 g/mol. The molecule has 0 radical (unpaired) electrons. The molecule has 0 amide bonds. The van der Waals surface area contributed by atoms with Crippen LogP contribution >= 0.6 is 0 Å². The van der Waals surface area contributed by atoms with E-state index in [9.17, 15) is 0 Å². The van der Waals surface area contributed by atoms with E-state index >= 15 is 0 Å². The van der Waals surface area contributed by atoms with Crippen LogP contribution in [0, 0.1) is 5.41 Å². The summed E-state index contributed by atoms with van der Waals surface area (Å²) in [6.07, 6.45) is 5.14. The van der Waals surface area contributed by atoms with Crippen molar-refractivity contribution in [1.29, 1.82) is 0 Å². The van der Waals surface area contributed by atoms with Crippen molar-refractivity contribution < 1.29 is 4.84 Å². The number of hydroxylamine groups is 2. The van der Waals surface area contributed by atoms with Gasteiger partial charge in [-0.3, -0.25) is 0 Å². The summed E-state index contributed by atoms with van der Waals surface area (Å²) in [7, 11) is 3.67. The Morgan fingerprint density at radius 1 is 1.50 bits per heavy atom. The average molecular weight is 172 g/mol. The fraction of sp³-hybridized carbons (Fsp3) is 1.00. The molecule has 0 spiro atoms. The third kappa shape index (κ3) is 2.19. The van der Waals surface area contributed by atoms with Gasteiger partial charge in [-0.2, -0.15) is 5.06 Å². The van der Waals surface area contributed by atoms with Crippen molar-refractivity contribution >= 4 is 0 Å². The fourth-order valence-corrected chi connectivity index (χ4v) is 1.72. The van der Waals surface area contributed by atoms with Gasteiger partial charge in [0.25, 0.3) is 0 Å². The number of nitrogens with zero attached hydrogens (tertiary/aromatic N) is 1. The lowest BCUT2D eigenvalue weighted by atomic mass is 9.67. The molecule has 0 aromatic carbocycles. The molecule has 0 aromatic heterocycles. The van der Waals surface area contributed by atoms with E-state index in [1.165, 1.54) is 25.7 Å². The molecule has 0 unspecified atom stereocenters. The minimum absolute atomic E-state index is 0.451. The molecule has 0 saturated heterocycles. The Balaban J connectivity index is 2.20. The summed E-state index contributed by atoms with van der Waals surface area (Å²) in [6, 6.07) is 0. The average Bonchev–Trinajstić information content (AvgIpc) is 2.03. The number of nitrogens with two attached hydrogens (primary N) is 1. The van der Waals surface area contributed by atoms with Gasteiger partial charge in [-0.15, -0.1) is 0 Å². The van der Waals surface area contributed by atoms with Crippen LogP contribution in [0.5, 0.6) is 0 Å². The van der Waals surface area contributed by atoms with Crippen molar-refractivity contribution in [1.82, 2.24) is 5.06 Å². The third-order valence-corrected chi connectivity index (χ3v) is 3.12. The lowest BCUT2D eigenvalue weighted by Gasteiger charge is -2.41. The zero-order valence-electron chi connectivity index (χ0n) is 8.18. The molecule has 3 heteroatoms. The smallest absolute Gasteiger partial charge is 0.0575 e. The molecule has 0 bridgehead atoms. The largest absolute Gasteiger partial charge is 0.330 e. The maximum Gasteiger partial charge on any atom is 0.0575 e. The highest BCUT2D eigenvalue weighted by Gasteiger charge is 2.35. The highest BCUT2D eigenvalue weighted by Crippen LogP contribution is 2.42. The summed E-state index contributed by atoms with van der Waals surface area (Å²) < 4.78 is 0. The molecule has 3 nitrogen and oxygen atoms in total. The summed E-state index contributed by atoms with van der Waals surface area (Å²) in [5.41, 5.74) is 6.19. The Labute approximate surface area is 74.8 Å². The Bertz CT molecular complexity index is 129. The van der Waals surface area contributed by atoms with Gasteiger partial charge in [0.2, 0.25) is 0 Å². The second-order valence-electron chi connectivity index (χ2n) is 3.84. The molecule has 0 aliphatic heterocycles. The van der Waals surface area contributed by atoms with Crippen LogP contribution in [0.1, 0.15) is 25.7 Å². The summed E-state index contributed by atoms with van der Waals surface area (Å²) in [5, 5.41) is 1.87. The summed E-state index contributed by atoms with van der Waals surface area (Å²) in [5.74, 6) is 0. The summed E-state index contributed by atoms with van der Waals surface area (Å²) in [4.78, 5) is 5.05. The van der Waals surface area contributed by atoms with Gasteiger partial charge < -0.3 is 10.6 Å². The molecule has 1 aliphatic rings. The fourth-order valence-electron chi connectivity index (χ4n) is 1.72. The standard InChI is InChI=1S/C9H20N2O/c1-11(12-2)7-6-9(8-10)4-3-5-9/h3-8,10H2,1-2H3. The van der Waals surface area contributed by atoms with Crippen molar-refractivity contribution in [3.8, 4) is 0 Å². The summed E-state index contributed by atoms with van der Waals surface area (Å²) >= 11 is 0. The molecule has 0 aromatic rings. The van der Waals surface area contributed by atoms with E-state index in [0.29, 0.717) is 5.41 Å². The lowest BCUT2D eigenvalue weighted by Crippen LogP contribution is -2.39. The van der Waals surface area contributed by atoms with Crippen LogP contribution in [-0.4, -0.2) is 32.3 Å². The first-order chi connectivity index (χ1) is 5.72. The van der Waals surface area contributed by atoms with Gasteiger partial charge in [0.05, 0.1) is 7.11 Å². The highest BCUT2D eigenvalue weighted by atomic mass is 16.7. The van der Waals surface area contributed by atoms with Crippen LogP contribution in [0.4, 0.5) is 0 Å². The Morgan fingerprint density at radius 2 is 2.17 bits per heavy atom. The van der Waals surface area contributed by atoms with E-state index in [2.05, 4.69) is 0 Å². The third-order valence-electron chi connectivity index (χ3n) is 3.12. The Morgan fingerprint density at radius 3 is 2.50 bits per heavy atom. The predicted molar refractivity (Wildman–Crippen MR) is 49.6 cm³/mol. The lowest BCUT2D eigenvalue weighted by molar-refractivity contribution is -0.117. The van der Waals surface area contributed by atoms with Crippen LogP contribution in [0.15, 0.2) is 0 Å². The van der Waals surface area contributed by atoms with E-state index < -0.39 is 0 Å². The van der Waals surface area contributed by atoms with Crippen LogP contribution < -0.4 is 5.73 Å². The van der Waals surface area contributed by atoms with Gasteiger partial charge in [-0.25, -0.2) is 0 Å². The minimum Gasteiger partial charge on any atom is -0.330 e. The highest BCUT2D eigenvalue weighted by molar-refractivity contribution is 4.88. The molecular weight excluding hydrogens is 152 g/mol. The molecule has 0 heterocycles. The number of rotatable bonds is 5. The first-order valence-corrected chi connectivity index (χ1v) is 4.68. The minimum atomic E-state index is 0.451. The van der Waals surface area contributed by atoms with E-state index in [0.717, 1.165) is 13.1 Å². The summed E-state index contributed by atoms with van der Waals surface area (Å²) in [6.45, 7) is 1.83. The normalized spacial score (nSPS) is 21.0. The number of hydrogen-bond acceptors (Lipinski definition) is 3. The van der Waals surface area contributed by atoms with Gasteiger partial charge in [0, 0.05) is 13.6 Å².